The summed E-state index contributed by atoms with van der Waals surface area (Å²) in [7, 11) is 4.75. The van der Waals surface area contributed by atoms with E-state index in [1.807, 2.05) is 36.4 Å². The molecule has 0 aliphatic carbocycles. The van der Waals surface area contributed by atoms with Crippen molar-refractivity contribution >= 4 is 11.9 Å². The minimum Gasteiger partial charge on any atom is -0.497 e. The highest BCUT2D eigenvalue weighted by molar-refractivity contribution is 6.14. The van der Waals surface area contributed by atoms with Crippen LogP contribution in [0.1, 0.15) is 21.5 Å². The summed E-state index contributed by atoms with van der Waals surface area (Å²) < 4.78 is 27.6. The summed E-state index contributed by atoms with van der Waals surface area (Å²) in [5.41, 5.74) is 2.18. The van der Waals surface area contributed by atoms with E-state index in [0.29, 0.717) is 40.7 Å². The summed E-state index contributed by atoms with van der Waals surface area (Å²) in [6, 6.07) is 18.3. The van der Waals surface area contributed by atoms with E-state index in [1.165, 1.54) is 0 Å². The van der Waals surface area contributed by atoms with Gasteiger partial charge in [-0.05, 0) is 42.0 Å². The second-order valence-electron chi connectivity index (χ2n) is 6.82. The lowest BCUT2D eigenvalue weighted by atomic mass is 10.1. The number of carbonyl (C=O) groups excluding carboxylic acids is 1. The largest absolute Gasteiger partial charge is 0.497 e. The van der Waals surface area contributed by atoms with Gasteiger partial charge in [-0.15, -0.1) is 0 Å². The fourth-order valence-corrected chi connectivity index (χ4v) is 3.31. The number of ether oxygens (including phenoxy) is 5. The van der Waals surface area contributed by atoms with Crippen LogP contribution in [0.2, 0.25) is 0 Å². The molecule has 6 nitrogen and oxygen atoms in total. The second-order valence-corrected chi connectivity index (χ2v) is 6.82. The van der Waals surface area contributed by atoms with Crippen molar-refractivity contribution in [3.05, 3.63) is 83.1 Å². The van der Waals surface area contributed by atoms with Gasteiger partial charge in [0.2, 0.25) is 5.78 Å². The summed E-state index contributed by atoms with van der Waals surface area (Å²) in [4.78, 5) is 12.8. The van der Waals surface area contributed by atoms with Crippen LogP contribution in [-0.4, -0.2) is 27.1 Å². The van der Waals surface area contributed by atoms with Crippen molar-refractivity contribution in [3.63, 3.8) is 0 Å². The molecule has 1 aliphatic heterocycles. The Kier molecular flexibility index (Phi) is 5.80. The lowest BCUT2D eigenvalue weighted by molar-refractivity contribution is 0.101. The zero-order valence-corrected chi connectivity index (χ0v) is 17.5. The third-order valence-corrected chi connectivity index (χ3v) is 4.93. The lowest BCUT2D eigenvalue weighted by Gasteiger charge is -2.10. The Morgan fingerprint density at radius 2 is 1.65 bits per heavy atom. The Hall–Kier alpha value is -3.93. The Morgan fingerprint density at radius 1 is 0.871 bits per heavy atom. The molecule has 1 heterocycles. The molecule has 0 saturated heterocycles. The molecule has 0 spiro atoms. The first-order valence-electron chi connectivity index (χ1n) is 9.68. The number of ketones is 1. The van der Waals surface area contributed by atoms with E-state index < -0.39 is 0 Å². The normalized spacial score (nSPS) is 13.5. The average Bonchev–Trinajstić information content (AvgIpc) is 3.12. The zero-order valence-electron chi connectivity index (χ0n) is 17.5. The van der Waals surface area contributed by atoms with Gasteiger partial charge in [-0.25, -0.2) is 0 Å². The Balaban J connectivity index is 1.52. The number of rotatable bonds is 7. The van der Waals surface area contributed by atoms with Crippen LogP contribution in [0.3, 0.4) is 0 Å². The number of carbonyl (C=O) groups is 1. The number of hydrogen-bond acceptors (Lipinski definition) is 6. The number of Topliss-reactive ketones (excluding diaryl/α,β-unsaturated/α-hetero) is 1. The van der Waals surface area contributed by atoms with Crippen LogP contribution in [0.4, 0.5) is 0 Å². The average molecular weight is 418 g/mol. The van der Waals surface area contributed by atoms with Crippen molar-refractivity contribution in [2.45, 2.75) is 6.61 Å². The Morgan fingerprint density at radius 3 is 2.35 bits per heavy atom. The lowest BCUT2D eigenvalue weighted by Crippen LogP contribution is -1.99. The van der Waals surface area contributed by atoms with Crippen LogP contribution < -0.4 is 23.7 Å². The van der Waals surface area contributed by atoms with Gasteiger partial charge in [0, 0.05) is 11.6 Å². The highest BCUT2D eigenvalue weighted by Crippen LogP contribution is 2.37. The van der Waals surface area contributed by atoms with E-state index in [0.717, 1.165) is 11.3 Å². The molecule has 0 unspecified atom stereocenters. The van der Waals surface area contributed by atoms with Crippen LogP contribution in [0.5, 0.6) is 28.7 Å². The monoisotopic (exact) mass is 418 g/mol. The molecule has 3 aromatic rings. The highest BCUT2D eigenvalue weighted by atomic mass is 16.5. The fraction of sp³-hybridized carbons (Fsp3) is 0.160. The summed E-state index contributed by atoms with van der Waals surface area (Å²) in [5, 5.41) is 0. The third kappa shape index (κ3) is 4.19. The summed E-state index contributed by atoms with van der Waals surface area (Å²) >= 11 is 0. The minimum atomic E-state index is -0.193. The highest BCUT2D eigenvalue weighted by Gasteiger charge is 2.28. The van der Waals surface area contributed by atoms with Gasteiger partial charge >= 0.3 is 0 Å². The van der Waals surface area contributed by atoms with Crippen molar-refractivity contribution in [2.75, 3.05) is 21.3 Å². The zero-order chi connectivity index (χ0) is 21.8. The molecule has 3 aromatic carbocycles. The molecular formula is C25H22O6. The van der Waals surface area contributed by atoms with Gasteiger partial charge in [-0.2, -0.15) is 0 Å². The number of para-hydroxylation sites is 1. The van der Waals surface area contributed by atoms with Gasteiger partial charge in [0.15, 0.2) is 17.3 Å². The first-order chi connectivity index (χ1) is 15.1. The van der Waals surface area contributed by atoms with E-state index in [1.54, 1.807) is 51.7 Å². The van der Waals surface area contributed by atoms with Crippen molar-refractivity contribution in [1.29, 1.82) is 0 Å². The molecule has 158 valence electrons. The number of fused-ring (bicyclic) bond motifs is 1. The molecule has 0 N–H and O–H groups in total. The van der Waals surface area contributed by atoms with Gasteiger partial charge in [0.05, 0.1) is 26.9 Å². The topological polar surface area (TPSA) is 63.2 Å². The van der Waals surface area contributed by atoms with Crippen LogP contribution in [0, 0.1) is 0 Å². The predicted molar refractivity (Wildman–Crippen MR) is 116 cm³/mol. The van der Waals surface area contributed by atoms with Crippen molar-refractivity contribution in [3.8, 4) is 28.7 Å². The first-order valence-corrected chi connectivity index (χ1v) is 9.68. The van der Waals surface area contributed by atoms with E-state index in [9.17, 15) is 4.79 Å². The molecule has 4 rings (SSSR count). The van der Waals surface area contributed by atoms with Gasteiger partial charge in [0.25, 0.3) is 0 Å². The molecule has 0 saturated carbocycles. The molecular weight excluding hydrogens is 396 g/mol. The van der Waals surface area contributed by atoms with Crippen molar-refractivity contribution in [1.82, 2.24) is 0 Å². The Bertz CT molecular complexity index is 1130. The maximum absolute atomic E-state index is 12.8. The van der Waals surface area contributed by atoms with E-state index in [4.69, 9.17) is 23.7 Å². The molecule has 0 atom stereocenters. The second kappa shape index (κ2) is 8.83. The summed E-state index contributed by atoms with van der Waals surface area (Å²) in [5.74, 6) is 3.01. The van der Waals surface area contributed by atoms with Gasteiger partial charge in [-0.1, -0.05) is 24.3 Å². The van der Waals surface area contributed by atoms with Gasteiger partial charge in [0.1, 0.15) is 23.9 Å². The molecule has 0 radical (unpaired) electrons. The quantitative estimate of drug-likeness (QED) is 0.508. The summed E-state index contributed by atoms with van der Waals surface area (Å²) in [6.07, 6.45) is 1.65. The fourth-order valence-electron chi connectivity index (χ4n) is 3.31. The maximum atomic E-state index is 12.8. The van der Waals surface area contributed by atoms with Crippen molar-refractivity contribution in [2.24, 2.45) is 0 Å². The molecule has 31 heavy (non-hydrogen) atoms. The Labute approximate surface area is 180 Å². The molecule has 0 aromatic heterocycles. The molecule has 0 fully saturated rings. The number of hydrogen-bond donors (Lipinski definition) is 0. The van der Waals surface area contributed by atoms with Crippen LogP contribution >= 0.6 is 0 Å². The van der Waals surface area contributed by atoms with E-state index in [-0.39, 0.29) is 11.5 Å². The molecule has 6 heteroatoms. The number of allylic oxidation sites excluding steroid dienone is 1. The number of benzene rings is 3. The van der Waals surface area contributed by atoms with Crippen LogP contribution in [0.15, 0.2) is 66.4 Å². The minimum absolute atomic E-state index is 0.193. The van der Waals surface area contributed by atoms with E-state index >= 15 is 0 Å². The van der Waals surface area contributed by atoms with Crippen molar-refractivity contribution < 1.29 is 28.5 Å². The van der Waals surface area contributed by atoms with Gasteiger partial charge in [-0.3, -0.25) is 4.79 Å². The predicted octanol–water partition coefficient (Wildman–Crippen LogP) is 4.91. The first kappa shape index (κ1) is 20.3. The van der Waals surface area contributed by atoms with Gasteiger partial charge < -0.3 is 23.7 Å². The SMILES string of the molecule is COc1ccc(COc2ccc3c(c2)O/C(=C\c2cccc(OC)c2OC)C3=O)cc1. The number of methoxy groups -OCH3 is 3. The third-order valence-electron chi connectivity index (χ3n) is 4.93. The summed E-state index contributed by atoms with van der Waals surface area (Å²) in [6.45, 7) is 0.389. The smallest absolute Gasteiger partial charge is 0.231 e. The molecule has 0 bridgehead atoms. The van der Waals surface area contributed by atoms with Crippen LogP contribution in [-0.2, 0) is 6.61 Å². The van der Waals surface area contributed by atoms with E-state index in [2.05, 4.69) is 0 Å². The molecule has 0 amide bonds. The maximum Gasteiger partial charge on any atom is 0.231 e. The molecule has 1 aliphatic rings. The standard InChI is InChI=1S/C25H22O6/c1-27-18-9-7-16(8-10-18)15-30-19-11-12-20-22(14-19)31-23(24(20)26)13-17-5-4-6-21(28-2)25(17)29-3/h4-14H,15H2,1-3H3/b23-13-. The van der Waals surface area contributed by atoms with Crippen LogP contribution in [0.25, 0.3) is 6.08 Å².